The summed E-state index contributed by atoms with van der Waals surface area (Å²) in [6, 6.07) is 3.40. The summed E-state index contributed by atoms with van der Waals surface area (Å²) in [5.41, 5.74) is 2.87. The number of hydrogen-bond acceptors (Lipinski definition) is 5. The van der Waals surface area contributed by atoms with Gasteiger partial charge in [-0.15, -0.1) is 0 Å². The van der Waals surface area contributed by atoms with Gasteiger partial charge in [0.2, 0.25) is 0 Å². The first-order chi connectivity index (χ1) is 8.81. The number of carbonyl (C=O) groups excluding carboxylic acids is 1. The molecule has 1 aliphatic heterocycles. The van der Waals surface area contributed by atoms with Crippen molar-refractivity contribution >= 4 is 11.7 Å². The average molecular weight is 250 g/mol. The molecule has 0 radical (unpaired) electrons. The molecule has 4 N–H and O–H groups in total. The molecule has 1 saturated heterocycles. The highest BCUT2D eigenvalue weighted by molar-refractivity contribution is 5.98. The molecule has 2 heterocycles. The van der Waals surface area contributed by atoms with Gasteiger partial charge in [0.1, 0.15) is 0 Å². The maximum Gasteiger partial charge on any atom is 0.255 e. The van der Waals surface area contributed by atoms with E-state index in [0.29, 0.717) is 23.8 Å². The van der Waals surface area contributed by atoms with E-state index in [-0.39, 0.29) is 5.91 Å². The Kier molecular flexibility index (Phi) is 4.49. The van der Waals surface area contributed by atoms with Crippen LogP contribution in [-0.4, -0.2) is 30.6 Å². The Morgan fingerprint density at radius 1 is 1.61 bits per heavy atom. The molecule has 0 spiro atoms. The number of carbonyl (C=O) groups is 1. The number of nitrogens with two attached hydrogens (primary N) is 1. The van der Waals surface area contributed by atoms with Crippen LogP contribution < -0.4 is 16.6 Å². The maximum absolute atomic E-state index is 12.0. The quantitative estimate of drug-likeness (QED) is 0.535. The molecule has 0 saturated carbocycles. The van der Waals surface area contributed by atoms with Crippen molar-refractivity contribution in [1.29, 1.82) is 0 Å². The minimum Gasteiger partial charge on any atom is -0.381 e. The Labute approximate surface area is 106 Å². The third-order valence-corrected chi connectivity index (χ3v) is 2.99. The summed E-state index contributed by atoms with van der Waals surface area (Å²) in [5.74, 6) is 5.93. The summed E-state index contributed by atoms with van der Waals surface area (Å²) >= 11 is 0. The van der Waals surface area contributed by atoms with Crippen LogP contribution >= 0.6 is 0 Å². The molecular formula is C12H18N4O2. The minimum absolute atomic E-state index is 0.165. The second-order valence-electron chi connectivity index (χ2n) is 4.34. The van der Waals surface area contributed by atoms with E-state index >= 15 is 0 Å². The first-order valence-corrected chi connectivity index (χ1v) is 6.09. The lowest BCUT2D eigenvalue weighted by atomic mass is 10.0. The highest BCUT2D eigenvalue weighted by atomic mass is 16.5. The first kappa shape index (κ1) is 12.8. The lowest BCUT2D eigenvalue weighted by molar-refractivity contribution is 0.0536. The highest BCUT2D eigenvalue weighted by Gasteiger charge is 2.16. The lowest BCUT2D eigenvalue weighted by Gasteiger charge is -2.22. The van der Waals surface area contributed by atoms with Gasteiger partial charge in [0.25, 0.3) is 5.91 Å². The van der Waals surface area contributed by atoms with Crippen molar-refractivity contribution < 1.29 is 9.53 Å². The van der Waals surface area contributed by atoms with Crippen molar-refractivity contribution in [2.24, 2.45) is 11.8 Å². The number of anilines is 1. The Balaban J connectivity index is 1.90. The van der Waals surface area contributed by atoms with Gasteiger partial charge >= 0.3 is 0 Å². The zero-order chi connectivity index (χ0) is 12.8. The number of nitrogens with one attached hydrogen (secondary N) is 2. The van der Waals surface area contributed by atoms with Crippen LogP contribution in [0.2, 0.25) is 0 Å². The summed E-state index contributed by atoms with van der Waals surface area (Å²) in [5, 5.41) is 2.89. The maximum atomic E-state index is 12.0. The number of nitrogens with zero attached hydrogens (tertiary/aromatic N) is 1. The number of hydrogen-bond donors (Lipinski definition) is 3. The standard InChI is InChI=1S/C12H18N4O2/c13-16-11-10(4-1-5-14-11)12(17)15-7-9-3-2-6-18-8-9/h1,4-5,9H,2-3,6-8,13H2,(H,14,16)(H,15,17). The molecule has 0 aliphatic carbocycles. The first-order valence-electron chi connectivity index (χ1n) is 6.09. The summed E-state index contributed by atoms with van der Waals surface area (Å²) in [6.07, 6.45) is 3.74. The Bertz CT molecular complexity index is 405. The molecule has 1 fully saturated rings. The Morgan fingerprint density at radius 2 is 2.50 bits per heavy atom. The van der Waals surface area contributed by atoms with E-state index in [1.807, 2.05) is 0 Å². The molecule has 98 valence electrons. The van der Waals surface area contributed by atoms with Gasteiger partial charge in [-0.1, -0.05) is 0 Å². The summed E-state index contributed by atoms with van der Waals surface area (Å²) in [7, 11) is 0. The van der Waals surface area contributed by atoms with E-state index in [4.69, 9.17) is 10.6 Å². The van der Waals surface area contributed by atoms with Gasteiger partial charge in [-0.25, -0.2) is 10.8 Å². The molecule has 1 atom stereocenters. The SMILES string of the molecule is NNc1ncccc1C(=O)NCC1CCCOC1. The van der Waals surface area contributed by atoms with Gasteiger partial charge in [0, 0.05) is 19.3 Å². The van der Waals surface area contributed by atoms with E-state index in [1.54, 1.807) is 18.3 Å². The second kappa shape index (κ2) is 6.32. The number of rotatable bonds is 4. The van der Waals surface area contributed by atoms with Crippen molar-refractivity contribution in [3.63, 3.8) is 0 Å². The van der Waals surface area contributed by atoms with Crippen molar-refractivity contribution in [1.82, 2.24) is 10.3 Å². The molecule has 1 amide bonds. The largest absolute Gasteiger partial charge is 0.381 e. The topological polar surface area (TPSA) is 89.3 Å². The van der Waals surface area contributed by atoms with Gasteiger partial charge < -0.3 is 15.5 Å². The van der Waals surface area contributed by atoms with Gasteiger partial charge in [-0.3, -0.25) is 4.79 Å². The van der Waals surface area contributed by atoms with E-state index < -0.39 is 0 Å². The molecule has 1 aromatic heterocycles. The molecule has 1 unspecified atom stereocenters. The van der Waals surface area contributed by atoms with Crippen molar-refractivity contribution in [3.8, 4) is 0 Å². The van der Waals surface area contributed by atoms with Gasteiger partial charge in [0.05, 0.1) is 12.2 Å². The molecule has 0 bridgehead atoms. The Morgan fingerprint density at radius 3 is 3.22 bits per heavy atom. The average Bonchev–Trinajstić information content (AvgIpc) is 2.45. The molecule has 0 aromatic carbocycles. The molecule has 1 aromatic rings. The number of pyridine rings is 1. The van der Waals surface area contributed by atoms with Crippen LogP contribution in [0.3, 0.4) is 0 Å². The highest BCUT2D eigenvalue weighted by Crippen LogP contribution is 2.13. The molecular weight excluding hydrogens is 232 g/mol. The van der Waals surface area contributed by atoms with Crippen molar-refractivity contribution in [3.05, 3.63) is 23.9 Å². The molecule has 6 heteroatoms. The van der Waals surface area contributed by atoms with Crippen LogP contribution in [0, 0.1) is 5.92 Å². The third kappa shape index (κ3) is 3.18. The fourth-order valence-corrected chi connectivity index (χ4v) is 2.00. The van der Waals surface area contributed by atoms with Crippen LogP contribution in [0.25, 0.3) is 0 Å². The predicted molar refractivity (Wildman–Crippen MR) is 67.9 cm³/mol. The number of amides is 1. The molecule has 1 aliphatic rings. The van der Waals surface area contributed by atoms with E-state index in [2.05, 4.69) is 15.7 Å². The van der Waals surface area contributed by atoms with Crippen molar-refractivity contribution in [2.75, 3.05) is 25.2 Å². The molecule has 6 nitrogen and oxygen atoms in total. The van der Waals surface area contributed by atoms with Crippen LogP contribution in [0.1, 0.15) is 23.2 Å². The van der Waals surface area contributed by atoms with E-state index in [9.17, 15) is 4.79 Å². The number of hydrazine groups is 1. The predicted octanol–water partition coefficient (Wildman–Crippen LogP) is 0.524. The second-order valence-corrected chi connectivity index (χ2v) is 4.34. The molecule has 2 rings (SSSR count). The summed E-state index contributed by atoms with van der Waals surface area (Å²) in [6.45, 7) is 2.17. The fourth-order valence-electron chi connectivity index (χ4n) is 2.00. The number of ether oxygens (including phenoxy) is 1. The third-order valence-electron chi connectivity index (χ3n) is 2.99. The Hall–Kier alpha value is -1.66. The fraction of sp³-hybridized carbons (Fsp3) is 0.500. The number of aromatic nitrogens is 1. The van der Waals surface area contributed by atoms with Crippen LogP contribution in [0.5, 0.6) is 0 Å². The van der Waals surface area contributed by atoms with Crippen molar-refractivity contribution in [2.45, 2.75) is 12.8 Å². The van der Waals surface area contributed by atoms with Crippen LogP contribution in [-0.2, 0) is 4.74 Å². The normalized spacial score (nSPS) is 19.3. The van der Waals surface area contributed by atoms with Crippen LogP contribution in [0.15, 0.2) is 18.3 Å². The monoisotopic (exact) mass is 250 g/mol. The number of nitrogen functional groups attached to an aromatic ring is 1. The molecule has 18 heavy (non-hydrogen) atoms. The lowest BCUT2D eigenvalue weighted by Crippen LogP contribution is -2.33. The summed E-state index contributed by atoms with van der Waals surface area (Å²) in [4.78, 5) is 16.0. The smallest absolute Gasteiger partial charge is 0.255 e. The van der Waals surface area contributed by atoms with Crippen LogP contribution in [0.4, 0.5) is 5.82 Å². The van der Waals surface area contributed by atoms with E-state index in [1.165, 1.54) is 0 Å². The summed E-state index contributed by atoms with van der Waals surface area (Å²) < 4.78 is 5.37. The van der Waals surface area contributed by atoms with Gasteiger partial charge in [-0.2, -0.15) is 0 Å². The van der Waals surface area contributed by atoms with E-state index in [0.717, 1.165) is 26.1 Å². The zero-order valence-corrected chi connectivity index (χ0v) is 10.2. The minimum atomic E-state index is -0.165. The van der Waals surface area contributed by atoms with Gasteiger partial charge in [0.15, 0.2) is 5.82 Å². The zero-order valence-electron chi connectivity index (χ0n) is 10.2. The van der Waals surface area contributed by atoms with Gasteiger partial charge in [-0.05, 0) is 30.9 Å².